The summed E-state index contributed by atoms with van der Waals surface area (Å²) >= 11 is 1.75. The smallest absolute Gasteiger partial charge is 0.328 e. The van der Waals surface area contributed by atoms with Crippen LogP contribution in [-0.4, -0.2) is 39.6 Å². The van der Waals surface area contributed by atoms with Crippen molar-refractivity contribution >= 4 is 28.3 Å². The molecule has 0 radical (unpaired) electrons. The van der Waals surface area contributed by atoms with Crippen LogP contribution in [0.25, 0.3) is 11.0 Å². The number of aryl methyl sites for hydroxylation is 2. The first-order chi connectivity index (χ1) is 14.5. The molecule has 0 saturated carbocycles. The lowest BCUT2D eigenvalue weighted by Gasteiger charge is -2.36. The third-order valence-electron chi connectivity index (χ3n) is 6.24. The number of aromatic nitrogens is 2. The number of para-hydroxylation sites is 2. The van der Waals surface area contributed by atoms with Gasteiger partial charge in [0.25, 0.3) is 0 Å². The Bertz CT molecular complexity index is 1050. The maximum absolute atomic E-state index is 12.6. The van der Waals surface area contributed by atoms with E-state index < -0.39 is 0 Å². The highest BCUT2D eigenvalue weighted by Crippen LogP contribution is 2.29. The van der Waals surface area contributed by atoms with Crippen LogP contribution >= 0.6 is 11.3 Å². The summed E-state index contributed by atoms with van der Waals surface area (Å²) in [5.41, 5.74) is 1.68. The van der Waals surface area contributed by atoms with Crippen molar-refractivity contribution in [3.63, 3.8) is 0 Å². The molecule has 0 bridgehead atoms. The summed E-state index contributed by atoms with van der Waals surface area (Å²) in [7, 11) is 1.77. The Kier molecular flexibility index (Phi) is 6.39. The Labute approximate surface area is 181 Å². The average molecular weight is 427 g/mol. The zero-order valence-corrected chi connectivity index (χ0v) is 18.5. The second-order valence-electron chi connectivity index (χ2n) is 8.29. The molecule has 4 rings (SSSR count). The fourth-order valence-electron chi connectivity index (χ4n) is 4.32. The van der Waals surface area contributed by atoms with Crippen LogP contribution in [0.15, 0.2) is 46.6 Å². The minimum Gasteiger partial charge on any atom is -0.354 e. The number of hydrogen-bond donors (Lipinski definition) is 1. The van der Waals surface area contributed by atoms with Crippen molar-refractivity contribution < 1.29 is 4.79 Å². The quantitative estimate of drug-likeness (QED) is 0.630. The Morgan fingerprint density at radius 1 is 1.17 bits per heavy atom. The Hall–Kier alpha value is -2.38. The van der Waals surface area contributed by atoms with Crippen LogP contribution in [0.1, 0.15) is 37.1 Å². The Morgan fingerprint density at radius 3 is 2.60 bits per heavy atom. The zero-order valence-electron chi connectivity index (χ0n) is 17.7. The van der Waals surface area contributed by atoms with Crippen LogP contribution in [0.3, 0.4) is 0 Å². The molecule has 0 spiro atoms. The van der Waals surface area contributed by atoms with Gasteiger partial charge in [-0.1, -0.05) is 25.1 Å². The first-order valence-electron chi connectivity index (χ1n) is 10.7. The lowest BCUT2D eigenvalue weighted by molar-refractivity contribution is -0.121. The van der Waals surface area contributed by atoms with Gasteiger partial charge in [-0.05, 0) is 55.4 Å². The topological polar surface area (TPSA) is 59.3 Å². The maximum atomic E-state index is 12.6. The van der Waals surface area contributed by atoms with Gasteiger partial charge in [0.15, 0.2) is 0 Å². The van der Waals surface area contributed by atoms with Crippen molar-refractivity contribution in [3.8, 4) is 0 Å². The summed E-state index contributed by atoms with van der Waals surface area (Å²) in [4.78, 5) is 29.0. The number of nitrogens with zero attached hydrogens (tertiary/aromatic N) is 3. The third-order valence-corrected chi connectivity index (χ3v) is 7.21. The highest BCUT2D eigenvalue weighted by molar-refractivity contribution is 7.10. The summed E-state index contributed by atoms with van der Waals surface area (Å²) in [6.45, 7) is 5.46. The van der Waals surface area contributed by atoms with E-state index in [1.165, 1.54) is 17.7 Å². The van der Waals surface area contributed by atoms with Gasteiger partial charge in [0.05, 0.1) is 17.1 Å². The highest BCUT2D eigenvalue weighted by atomic mass is 32.1. The van der Waals surface area contributed by atoms with Gasteiger partial charge in [-0.3, -0.25) is 18.8 Å². The Morgan fingerprint density at radius 2 is 1.90 bits per heavy atom. The fraction of sp³-hybridized carbons (Fsp3) is 0.478. The van der Waals surface area contributed by atoms with Gasteiger partial charge >= 0.3 is 5.69 Å². The van der Waals surface area contributed by atoms with Gasteiger partial charge in [0, 0.05) is 31.4 Å². The number of rotatable bonds is 7. The summed E-state index contributed by atoms with van der Waals surface area (Å²) in [6.07, 6.45) is 2.71. The number of hydrogen-bond acceptors (Lipinski definition) is 4. The van der Waals surface area contributed by atoms with Crippen molar-refractivity contribution in [2.24, 2.45) is 13.0 Å². The molecule has 1 atom stereocenters. The fourth-order valence-corrected chi connectivity index (χ4v) is 5.18. The molecule has 160 valence electrons. The number of likely N-dealkylation sites (tertiary alicyclic amines) is 1. The number of piperidine rings is 1. The second kappa shape index (κ2) is 9.18. The molecule has 7 heteroatoms. The standard InChI is InChI=1S/C23H30N4O2S/c1-17-9-12-26(13-10-17)20(21-8-5-15-30-21)16-24-22(28)11-14-27-19-7-4-3-6-18(19)25(2)23(27)29/h3-8,15,17,20H,9-14,16H2,1-2H3,(H,24,28)/t20-/m1/s1. The van der Waals surface area contributed by atoms with Crippen molar-refractivity contribution in [2.75, 3.05) is 19.6 Å². The monoisotopic (exact) mass is 426 g/mol. The first-order valence-corrected chi connectivity index (χ1v) is 11.6. The molecule has 2 aromatic heterocycles. The van der Waals surface area contributed by atoms with Crippen LogP contribution in [0, 0.1) is 5.92 Å². The predicted molar refractivity (Wildman–Crippen MR) is 122 cm³/mol. The molecule has 0 aliphatic carbocycles. The van der Waals surface area contributed by atoms with Gasteiger partial charge in [0.2, 0.25) is 5.91 Å². The number of fused-ring (bicyclic) bond motifs is 1. The van der Waals surface area contributed by atoms with Crippen LogP contribution in [0.4, 0.5) is 0 Å². The molecule has 6 nitrogen and oxygen atoms in total. The summed E-state index contributed by atoms with van der Waals surface area (Å²) < 4.78 is 3.33. The normalized spacial score (nSPS) is 16.7. The van der Waals surface area contributed by atoms with E-state index in [2.05, 4.69) is 34.7 Å². The number of imidazole rings is 1. The van der Waals surface area contributed by atoms with E-state index in [9.17, 15) is 9.59 Å². The van der Waals surface area contributed by atoms with Gasteiger partial charge in [-0.15, -0.1) is 11.3 Å². The molecule has 1 aliphatic heterocycles. The minimum atomic E-state index is -0.0806. The minimum absolute atomic E-state index is 0.0123. The highest BCUT2D eigenvalue weighted by Gasteiger charge is 2.25. The van der Waals surface area contributed by atoms with Gasteiger partial charge < -0.3 is 5.32 Å². The van der Waals surface area contributed by atoms with Crippen LogP contribution in [0.5, 0.6) is 0 Å². The number of amides is 1. The van der Waals surface area contributed by atoms with Crippen molar-refractivity contribution in [1.82, 2.24) is 19.4 Å². The van der Waals surface area contributed by atoms with Crippen LogP contribution < -0.4 is 11.0 Å². The number of nitrogens with one attached hydrogen (secondary N) is 1. The van der Waals surface area contributed by atoms with E-state index >= 15 is 0 Å². The molecule has 3 heterocycles. The van der Waals surface area contributed by atoms with Gasteiger partial charge in [0.1, 0.15) is 0 Å². The molecule has 1 N–H and O–H groups in total. The van der Waals surface area contributed by atoms with E-state index in [4.69, 9.17) is 0 Å². The molecule has 1 fully saturated rings. The maximum Gasteiger partial charge on any atom is 0.328 e. The molecule has 3 aromatic rings. The molecule has 30 heavy (non-hydrogen) atoms. The number of carbonyl (C=O) groups excluding carboxylic acids is 1. The molecular formula is C23H30N4O2S. The van der Waals surface area contributed by atoms with Crippen LogP contribution in [-0.2, 0) is 18.4 Å². The lowest BCUT2D eigenvalue weighted by Crippen LogP contribution is -2.41. The van der Waals surface area contributed by atoms with Gasteiger partial charge in [-0.2, -0.15) is 0 Å². The third kappa shape index (κ3) is 4.37. The lowest BCUT2D eigenvalue weighted by atomic mass is 9.97. The number of thiophene rings is 1. The summed E-state index contributed by atoms with van der Waals surface area (Å²) in [6, 6.07) is 12.2. The van der Waals surface area contributed by atoms with Crippen molar-refractivity contribution in [3.05, 3.63) is 57.1 Å². The molecule has 0 unspecified atom stereocenters. The predicted octanol–water partition coefficient (Wildman–Crippen LogP) is 3.38. The average Bonchev–Trinajstić information content (AvgIpc) is 3.36. The SMILES string of the molecule is CC1CCN([C@H](CNC(=O)CCn2c(=O)n(C)c3ccccc32)c2cccs2)CC1. The summed E-state index contributed by atoms with van der Waals surface area (Å²) in [5, 5.41) is 5.23. The van der Waals surface area contributed by atoms with Crippen LogP contribution in [0.2, 0.25) is 0 Å². The van der Waals surface area contributed by atoms with Gasteiger partial charge in [-0.25, -0.2) is 4.79 Å². The van der Waals surface area contributed by atoms with Crippen molar-refractivity contribution in [1.29, 1.82) is 0 Å². The summed E-state index contributed by atoms with van der Waals surface area (Å²) in [5.74, 6) is 0.764. The molecule has 1 saturated heterocycles. The van der Waals surface area contributed by atoms with E-state index in [-0.39, 0.29) is 17.6 Å². The second-order valence-corrected chi connectivity index (χ2v) is 9.27. The molecule has 1 amide bonds. The van der Waals surface area contributed by atoms with Crippen molar-refractivity contribution in [2.45, 2.75) is 38.8 Å². The zero-order chi connectivity index (χ0) is 21.1. The molecule has 1 aromatic carbocycles. The number of carbonyl (C=O) groups is 1. The Balaban J connectivity index is 1.39. The molecule has 1 aliphatic rings. The molecular weight excluding hydrogens is 396 g/mol. The van der Waals surface area contributed by atoms with E-state index in [0.29, 0.717) is 19.5 Å². The first kappa shape index (κ1) is 20.9. The number of benzene rings is 1. The van der Waals surface area contributed by atoms with E-state index in [1.54, 1.807) is 27.5 Å². The largest absolute Gasteiger partial charge is 0.354 e. The van der Waals surface area contributed by atoms with E-state index in [0.717, 1.165) is 30.0 Å². The van der Waals surface area contributed by atoms with E-state index in [1.807, 2.05) is 24.3 Å².